The number of hydrogen-bond acceptors (Lipinski definition) is 3. The van der Waals surface area contributed by atoms with E-state index in [-0.39, 0.29) is 0 Å². The summed E-state index contributed by atoms with van der Waals surface area (Å²) in [7, 11) is 0. The third-order valence-corrected chi connectivity index (χ3v) is 0.216. The van der Waals surface area contributed by atoms with Gasteiger partial charge in [-0.2, -0.15) is 0 Å². The molecule has 1 atom stereocenters. The van der Waals surface area contributed by atoms with Gasteiger partial charge in [0.15, 0.2) is 0 Å². The van der Waals surface area contributed by atoms with Crippen LogP contribution in [-0.4, -0.2) is 22.5 Å². The third kappa shape index (κ3) is 4.87. The molecule has 0 aliphatic carbocycles. The number of carboxylic acid groups (broad SMARTS) is 1. The third-order valence-electron chi connectivity index (χ3n) is 0.216. The quantitative estimate of drug-likeness (QED) is 0.375. The lowest BCUT2D eigenvalue weighted by Crippen LogP contribution is -2.11. The molecule has 0 bridgehead atoms. The van der Waals surface area contributed by atoms with Crippen molar-refractivity contribution < 1.29 is 16.2 Å². The van der Waals surface area contributed by atoms with Crippen LogP contribution in [0.15, 0.2) is 0 Å². The number of aliphatic carboxylic acids is 1. The number of carboxylic acids is 1. The summed E-state index contributed by atoms with van der Waals surface area (Å²) in [6, 6.07) is 0. The van der Waals surface area contributed by atoms with E-state index in [9.17, 15) is 14.9 Å². The second-order valence-electron chi connectivity index (χ2n) is 0.753. The summed E-state index contributed by atoms with van der Waals surface area (Å²) in [5.41, 5.74) is 0. The average molecular weight is 107 g/mol. The van der Waals surface area contributed by atoms with Crippen LogP contribution in [0.5, 0.6) is 0 Å². The molecule has 0 aliphatic rings. The van der Waals surface area contributed by atoms with Crippen molar-refractivity contribution in [2.75, 3.05) is 6.52 Å². The molecule has 1 N–H and O–H groups in total. The Morgan fingerprint density at radius 1 is 2.14 bits per heavy atom. The van der Waals surface area contributed by atoms with E-state index in [4.69, 9.17) is 6.48 Å². The molecule has 5 nitrogen and oxygen atoms in total. The minimum atomic E-state index is -2.24. The second kappa shape index (κ2) is 2.12. The monoisotopic (exact) mass is 107 g/mol. The Hall–Kier alpha value is -1.13. The summed E-state index contributed by atoms with van der Waals surface area (Å²) in [5.74, 6) is -1.74. The fraction of sp³-hybridized carbons (Fsp3) is 0.500. The standard InChI is InChI=1S/C2H3NO4/c4-2(5)1-3(6)7/h1H2,(H,4,5)/i1T. The van der Waals surface area contributed by atoms with Crippen LogP contribution in [0.4, 0.5) is 0 Å². The molecule has 40 valence electrons. The number of hydrogen-bond donors (Lipinski definition) is 1. The van der Waals surface area contributed by atoms with Crippen LogP contribution in [0.1, 0.15) is 1.37 Å². The van der Waals surface area contributed by atoms with E-state index < -0.39 is 17.4 Å². The SMILES string of the molecule is [3H]C(C(=O)O)[N+](=O)[O-]. The minimum Gasteiger partial charge on any atom is -0.476 e. The number of nitro groups is 1. The van der Waals surface area contributed by atoms with Gasteiger partial charge in [0, 0.05) is 4.92 Å². The zero-order valence-corrected chi connectivity index (χ0v) is 3.20. The van der Waals surface area contributed by atoms with Crippen molar-refractivity contribution in [1.82, 2.24) is 0 Å². The van der Waals surface area contributed by atoms with Crippen molar-refractivity contribution in [1.29, 1.82) is 0 Å². The fourth-order valence-corrected chi connectivity index (χ4v) is 0.0902. The molecule has 0 spiro atoms. The van der Waals surface area contributed by atoms with E-state index in [1.165, 1.54) is 0 Å². The lowest BCUT2D eigenvalue weighted by Gasteiger charge is -1.79. The van der Waals surface area contributed by atoms with Gasteiger partial charge < -0.3 is 5.11 Å². The Kier molecular flexibility index (Phi) is 1.22. The Morgan fingerprint density at radius 2 is 2.57 bits per heavy atom. The topological polar surface area (TPSA) is 80.4 Å². The molecule has 0 aromatic heterocycles. The van der Waals surface area contributed by atoms with Gasteiger partial charge in [-0.05, 0) is 0 Å². The molecule has 0 amide bonds. The summed E-state index contributed by atoms with van der Waals surface area (Å²) in [6.45, 7) is -2.24. The van der Waals surface area contributed by atoms with Crippen LogP contribution in [0.2, 0.25) is 0 Å². The Morgan fingerprint density at radius 3 is 2.57 bits per heavy atom. The van der Waals surface area contributed by atoms with Crippen molar-refractivity contribution >= 4 is 5.97 Å². The van der Waals surface area contributed by atoms with Gasteiger partial charge in [0.25, 0.3) is 6.52 Å². The van der Waals surface area contributed by atoms with E-state index >= 15 is 0 Å². The van der Waals surface area contributed by atoms with Crippen molar-refractivity contribution in [2.24, 2.45) is 0 Å². The van der Waals surface area contributed by atoms with Crippen LogP contribution in [-0.2, 0) is 4.79 Å². The summed E-state index contributed by atoms with van der Waals surface area (Å²) in [5, 5.41) is 17.1. The highest BCUT2D eigenvalue weighted by atomic mass is 16.6. The normalized spacial score (nSPS) is 14.6. The number of rotatable bonds is 2. The van der Waals surface area contributed by atoms with Gasteiger partial charge >= 0.3 is 5.97 Å². The molecule has 1 unspecified atom stereocenters. The van der Waals surface area contributed by atoms with E-state index in [2.05, 4.69) is 0 Å². The smallest absolute Gasteiger partial charge is 0.376 e. The van der Waals surface area contributed by atoms with Gasteiger partial charge in [-0.15, -0.1) is 0 Å². The molecule has 0 saturated heterocycles. The number of carbonyl (C=O) groups is 1. The summed E-state index contributed by atoms with van der Waals surface area (Å²) in [6.07, 6.45) is 0. The van der Waals surface area contributed by atoms with Gasteiger partial charge in [0.2, 0.25) is 0 Å². The lowest BCUT2D eigenvalue weighted by molar-refractivity contribution is -0.469. The largest absolute Gasteiger partial charge is 0.476 e. The number of nitrogens with zero attached hydrogens (tertiary/aromatic N) is 1. The molecule has 0 radical (unpaired) electrons. The van der Waals surface area contributed by atoms with Gasteiger partial charge in [-0.25, -0.2) is 4.79 Å². The second-order valence-corrected chi connectivity index (χ2v) is 0.753. The van der Waals surface area contributed by atoms with Gasteiger partial charge in [0.05, 0.1) is 0 Å². The highest BCUT2D eigenvalue weighted by Crippen LogP contribution is 1.64. The molecule has 5 heteroatoms. The molecule has 0 aromatic rings. The molecule has 0 heterocycles. The minimum absolute atomic E-state index is 1.19. The molecule has 0 aliphatic heterocycles. The fourth-order valence-electron chi connectivity index (χ4n) is 0.0902. The molecule has 0 saturated carbocycles. The van der Waals surface area contributed by atoms with Crippen LogP contribution < -0.4 is 0 Å². The molecule has 0 aromatic carbocycles. The van der Waals surface area contributed by atoms with E-state index in [1.807, 2.05) is 0 Å². The highest BCUT2D eigenvalue weighted by Gasteiger charge is 2.02. The van der Waals surface area contributed by atoms with Crippen LogP contribution in [0.3, 0.4) is 0 Å². The Balaban J connectivity index is 3.83. The average Bonchev–Trinajstić information content (AvgIpc) is 1.64. The van der Waals surface area contributed by atoms with Crippen molar-refractivity contribution in [3.63, 3.8) is 0 Å². The molecule has 0 rings (SSSR count). The zero-order valence-electron chi connectivity index (χ0n) is 4.20. The first-order valence-corrected chi connectivity index (χ1v) is 1.34. The van der Waals surface area contributed by atoms with Gasteiger partial charge in [-0.1, -0.05) is 0 Å². The predicted octanol–water partition coefficient (Wildman–Crippen LogP) is -0.652. The van der Waals surface area contributed by atoms with Crippen LogP contribution >= 0.6 is 0 Å². The first kappa shape index (κ1) is 4.04. The van der Waals surface area contributed by atoms with Gasteiger partial charge in [0.1, 0.15) is 1.37 Å². The molecule has 7 heavy (non-hydrogen) atoms. The predicted molar refractivity (Wildman–Crippen MR) is 19.5 cm³/mol. The van der Waals surface area contributed by atoms with Crippen LogP contribution in [0, 0.1) is 10.1 Å². The van der Waals surface area contributed by atoms with Crippen LogP contribution in [0.25, 0.3) is 0 Å². The van der Waals surface area contributed by atoms with E-state index in [0.29, 0.717) is 0 Å². The molecular weight excluding hydrogens is 102 g/mol. The molecular formula is C2H3NO4. The van der Waals surface area contributed by atoms with Gasteiger partial charge in [-0.3, -0.25) is 10.1 Å². The molecule has 0 fully saturated rings. The lowest BCUT2D eigenvalue weighted by atomic mass is 10.7. The summed E-state index contributed by atoms with van der Waals surface area (Å²) in [4.78, 5) is 17.7. The van der Waals surface area contributed by atoms with E-state index in [0.717, 1.165) is 0 Å². The van der Waals surface area contributed by atoms with E-state index in [1.54, 1.807) is 0 Å². The summed E-state index contributed by atoms with van der Waals surface area (Å²) >= 11 is 0. The Labute approximate surface area is 40.1 Å². The maximum atomic E-state index is 9.51. The van der Waals surface area contributed by atoms with Crippen molar-refractivity contribution in [2.45, 2.75) is 0 Å². The van der Waals surface area contributed by atoms with Crippen molar-refractivity contribution in [3.05, 3.63) is 10.1 Å². The summed E-state index contributed by atoms with van der Waals surface area (Å²) < 4.78 is 6.18. The zero-order chi connectivity index (χ0) is 6.73. The highest BCUT2D eigenvalue weighted by molar-refractivity contribution is 5.67. The maximum Gasteiger partial charge on any atom is 0.376 e. The first-order chi connectivity index (χ1) is 3.55. The Bertz CT molecular complexity index is 109. The first-order valence-electron chi connectivity index (χ1n) is 1.92. The maximum absolute atomic E-state index is 9.51. The van der Waals surface area contributed by atoms with Crippen molar-refractivity contribution in [3.8, 4) is 0 Å².